The molecule has 1 aromatic carbocycles. The first-order chi connectivity index (χ1) is 6.76. The quantitative estimate of drug-likeness (QED) is 0.741. The Hall–Kier alpha value is -0.860. The molecule has 0 radical (unpaired) electrons. The second kappa shape index (κ2) is 3.71. The van der Waals surface area contributed by atoms with Gasteiger partial charge in [-0.1, -0.05) is 24.3 Å². The first-order valence-electron chi connectivity index (χ1n) is 5.22. The third-order valence-corrected chi connectivity index (χ3v) is 3.02. The van der Waals surface area contributed by atoms with Crippen molar-refractivity contribution >= 4 is 0 Å². The molecule has 0 saturated heterocycles. The lowest BCUT2D eigenvalue weighted by Crippen LogP contribution is -2.39. The molecule has 0 spiro atoms. The zero-order valence-corrected chi connectivity index (χ0v) is 8.59. The minimum absolute atomic E-state index is 0.643. The van der Waals surface area contributed by atoms with Crippen molar-refractivity contribution in [2.24, 2.45) is 0 Å². The van der Waals surface area contributed by atoms with Gasteiger partial charge in [0.2, 0.25) is 0 Å². The first-order valence-corrected chi connectivity index (χ1v) is 5.22. The van der Waals surface area contributed by atoms with Crippen LogP contribution in [0.15, 0.2) is 24.3 Å². The second-order valence-corrected chi connectivity index (χ2v) is 4.07. The van der Waals surface area contributed by atoms with Gasteiger partial charge in [-0.25, -0.2) is 0 Å². The average molecular weight is 191 g/mol. The summed E-state index contributed by atoms with van der Waals surface area (Å²) < 4.78 is 0. The number of likely N-dealkylation sites (N-methyl/N-ethyl adjacent to an activating group) is 1. The van der Waals surface area contributed by atoms with Gasteiger partial charge >= 0.3 is 0 Å². The summed E-state index contributed by atoms with van der Waals surface area (Å²) in [5, 5.41) is 13.5. The molecule has 0 fully saturated rings. The van der Waals surface area contributed by atoms with Gasteiger partial charge in [0.15, 0.2) is 0 Å². The van der Waals surface area contributed by atoms with Crippen LogP contribution in [0, 0.1) is 0 Å². The van der Waals surface area contributed by atoms with Crippen LogP contribution < -0.4 is 5.32 Å². The van der Waals surface area contributed by atoms with Crippen LogP contribution in [0.2, 0.25) is 0 Å². The fourth-order valence-corrected chi connectivity index (χ4v) is 2.37. The van der Waals surface area contributed by atoms with E-state index in [1.807, 2.05) is 25.2 Å². The van der Waals surface area contributed by atoms with Crippen molar-refractivity contribution < 1.29 is 5.11 Å². The van der Waals surface area contributed by atoms with Gasteiger partial charge in [0, 0.05) is 6.54 Å². The minimum atomic E-state index is -0.649. The molecule has 1 atom stereocenters. The highest BCUT2D eigenvalue weighted by Crippen LogP contribution is 2.34. The van der Waals surface area contributed by atoms with E-state index < -0.39 is 5.60 Å². The van der Waals surface area contributed by atoms with E-state index in [1.165, 1.54) is 5.56 Å². The lowest BCUT2D eigenvalue weighted by molar-refractivity contribution is 0.0211. The summed E-state index contributed by atoms with van der Waals surface area (Å²) in [7, 11) is 1.88. The van der Waals surface area contributed by atoms with Gasteiger partial charge in [-0.05, 0) is 37.4 Å². The van der Waals surface area contributed by atoms with Crippen molar-refractivity contribution in [1.82, 2.24) is 5.32 Å². The van der Waals surface area contributed by atoms with E-state index in [9.17, 15) is 5.11 Å². The van der Waals surface area contributed by atoms with Gasteiger partial charge in [-0.2, -0.15) is 0 Å². The highest BCUT2D eigenvalue weighted by atomic mass is 16.3. The Morgan fingerprint density at radius 1 is 1.43 bits per heavy atom. The van der Waals surface area contributed by atoms with Gasteiger partial charge in [-0.3, -0.25) is 0 Å². The van der Waals surface area contributed by atoms with Crippen molar-refractivity contribution in [3.63, 3.8) is 0 Å². The van der Waals surface area contributed by atoms with Crippen LogP contribution in [-0.2, 0) is 12.0 Å². The normalized spacial score (nSPS) is 25.9. The third-order valence-electron chi connectivity index (χ3n) is 3.02. The van der Waals surface area contributed by atoms with E-state index in [1.54, 1.807) is 0 Å². The molecule has 1 aliphatic rings. The zero-order chi connectivity index (χ0) is 10.0. The molecule has 0 saturated carbocycles. The molecule has 2 rings (SSSR count). The molecule has 1 aliphatic carbocycles. The number of fused-ring (bicyclic) bond motifs is 1. The highest BCUT2D eigenvalue weighted by Gasteiger charge is 2.32. The summed E-state index contributed by atoms with van der Waals surface area (Å²) in [6.07, 6.45) is 3.04. The maximum absolute atomic E-state index is 10.5. The summed E-state index contributed by atoms with van der Waals surface area (Å²) in [6, 6.07) is 8.22. The number of benzene rings is 1. The molecule has 14 heavy (non-hydrogen) atoms. The van der Waals surface area contributed by atoms with E-state index in [-0.39, 0.29) is 0 Å². The van der Waals surface area contributed by atoms with E-state index in [0.717, 1.165) is 24.8 Å². The Bertz CT molecular complexity index is 324. The number of rotatable bonds is 2. The van der Waals surface area contributed by atoms with Crippen LogP contribution in [0.25, 0.3) is 0 Å². The number of aryl methyl sites for hydroxylation is 1. The van der Waals surface area contributed by atoms with Crippen molar-refractivity contribution in [1.29, 1.82) is 0 Å². The molecule has 0 bridgehead atoms. The summed E-state index contributed by atoms with van der Waals surface area (Å²) in [6.45, 7) is 0.643. The molecular weight excluding hydrogens is 174 g/mol. The Labute approximate surface area is 85.0 Å². The number of nitrogens with one attached hydrogen (secondary N) is 1. The molecule has 1 aromatic rings. The monoisotopic (exact) mass is 191 g/mol. The van der Waals surface area contributed by atoms with Crippen molar-refractivity contribution in [2.75, 3.05) is 13.6 Å². The Morgan fingerprint density at radius 2 is 2.21 bits per heavy atom. The van der Waals surface area contributed by atoms with Crippen LogP contribution in [0.3, 0.4) is 0 Å². The van der Waals surface area contributed by atoms with E-state index in [4.69, 9.17) is 0 Å². The molecule has 2 nitrogen and oxygen atoms in total. The second-order valence-electron chi connectivity index (χ2n) is 4.07. The summed E-state index contributed by atoms with van der Waals surface area (Å²) in [5.41, 5.74) is 1.76. The lowest BCUT2D eigenvalue weighted by atomic mass is 9.79. The Kier molecular flexibility index (Phi) is 2.57. The fourth-order valence-electron chi connectivity index (χ4n) is 2.37. The summed E-state index contributed by atoms with van der Waals surface area (Å²) in [5.74, 6) is 0. The molecular formula is C12H17NO. The topological polar surface area (TPSA) is 32.3 Å². The van der Waals surface area contributed by atoms with E-state index >= 15 is 0 Å². The SMILES string of the molecule is CNC[C@]1(O)CCCc2ccccc21. The first kappa shape index (κ1) is 9.69. The maximum Gasteiger partial charge on any atom is 0.102 e. The van der Waals surface area contributed by atoms with Crippen LogP contribution in [0.1, 0.15) is 24.0 Å². The average Bonchev–Trinajstić information content (AvgIpc) is 2.19. The van der Waals surface area contributed by atoms with Crippen LogP contribution in [-0.4, -0.2) is 18.7 Å². The molecule has 2 heteroatoms. The van der Waals surface area contributed by atoms with Gasteiger partial charge < -0.3 is 10.4 Å². The molecule has 76 valence electrons. The van der Waals surface area contributed by atoms with E-state index in [2.05, 4.69) is 11.4 Å². The molecule has 0 aliphatic heterocycles. The minimum Gasteiger partial charge on any atom is -0.384 e. The van der Waals surface area contributed by atoms with Gasteiger partial charge in [-0.15, -0.1) is 0 Å². The van der Waals surface area contributed by atoms with Crippen LogP contribution in [0.5, 0.6) is 0 Å². The van der Waals surface area contributed by atoms with Crippen molar-refractivity contribution in [3.8, 4) is 0 Å². The van der Waals surface area contributed by atoms with Crippen LogP contribution in [0.4, 0.5) is 0 Å². The van der Waals surface area contributed by atoms with Crippen molar-refractivity contribution in [3.05, 3.63) is 35.4 Å². The van der Waals surface area contributed by atoms with Gasteiger partial charge in [0.25, 0.3) is 0 Å². The lowest BCUT2D eigenvalue weighted by Gasteiger charge is -2.34. The number of aliphatic hydroxyl groups is 1. The fraction of sp³-hybridized carbons (Fsp3) is 0.500. The summed E-state index contributed by atoms with van der Waals surface area (Å²) >= 11 is 0. The molecule has 0 aromatic heterocycles. The maximum atomic E-state index is 10.5. The summed E-state index contributed by atoms with van der Waals surface area (Å²) in [4.78, 5) is 0. The molecule has 0 amide bonds. The molecule has 2 N–H and O–H groups in total. The van der Waals surface area contributed by atoms with Gasteiger partial charge in [0.05, 0.1) is 0 Å². The highest BCUT2D eigenvalue weighted by molar-refractivity contribution is 5.34. The predicted octanol–water partition coefficient (Wildman–Crippen LogP) is 1.43. The Morgan fingerprint density at radius 3 is 3.00 bits per heavy atom. The van der Waals surface area contributed by atoms with Crippen LogP contribution >= 0.6 is 0 Å². The zero-order valence-electron chi connectivity index (χ0n) is 8.59. The Balaban J connectivity index is 2.39. The predicted molar refractivity (Wildman–Crippen MR) is 57.2 cm³/mol. The molecule has 0 unspecified atom stereocenters. The largest absolute Gasteiger partial charge is 0.384 e. The third kappa shape index (κ3) is 1.56. The van der Waals surface area contributed by atoms with Gasteiger partial charge in [0.1, 0.15) is 5.60 Å². The van der Waals surface area contributed by atoms with Crippen molar-refractivity contribution in [2.45, 2.75) is 24.9 Å². The standard InChI is InChI=1S/C12H17NO/c1-13-9-12(14)8-4-6-10-5-2-3-7-11(10)12/h2-3,5,7,13-14H,4,6,8-9H2,1H3/t12-/m1/s1. The number of hydrogen-bond acceptors (Lipinski definition) is 2. The smallest absolute Gasteiger partial charge is 0.102 e. The number of hydrogen-bond donors (Lipinski definition) is 2. The molecule has 0 heterocycles. The van der Waals surface area contributed by atoms with E-state index in [0.29, 0.717) is 6.54 Å².